The van der Waals surface area contributed by atoms with E-state index in [0.717, 1.165) is 0 Å². The Morgan fingerprint density at radius 2 is 1.91 bits per heavy atom. The van der Waals surface area contributed by atoms with Gasteiger partial charge in [0.15, 0.2) is 0 Å². The van der Waals surface area contributed by atoms with Crippen LogP contribution in [0.5, 0.6) is 0 Å². The summed E-state index contributed by atoms with van der Waals surface area (Å²) in [5, 5.41) is 9.22. The van der Waals surface area contributed by atoms with Crippen LogP contribution in [0.4, 0.5) is 5.69 Å². The van der Waals surface area contributed by atoms with E-state index in [4.69, 9.17) is 26.2 Å². The average molecular weight is 326 g/mol. The zero-order valence-electron chi connectivity index (χ0n) is 12.5. The van der Waals surface area contributed by atoms with Crippen LogP contribution in [-0.2, 0) is 20.1 Å². The van der Waals surface area contributed by atoms with Gasteiger partial charge in [-0.25, -0.2) is 4.79 Å². The number of fused-ring (bicyclic) bond motifs is 2. The van der Waals surface area contributed by atoms with E-state index >= 15 is 0 Å². The molecule has 1 N–H and O–H groups in total. The van der Waals surface area contributed by atoms with Gasteiger partial charge in [-0.2, -0.15) is 0 Å². The normalized spacial score (nSPS) is 22.0. The topological polar surface area (TPSA) is 76.1 Å². The molecule has 0 radical (unpaired) electrons. The molecule has 118 valence electrons. The van der Waals surface area contributed by atoms with Crippen molar-refractivity contribution in [3.05, 3.63) is 28.3 Å². The third-order valence-corrected chi connectivity index (χ3v) is 4.26. The molecule has 22 heavy (non-hydrogen) atoms. The fraction of sp³-hybridized carbons (Fsp3) is 0.467. The first-order chi connectivity index (χ1) is 10.2. The number of nitrogens with zero attached hydrogens (tertiary/aromatic N) is 1. The molecule has 0 unspecified atom stereocenters. The predicted molar refractivity (Wildman–Crippen MR) is 79.2 cm³/mol. The van der Waals surface area contributed by atoms with Crippen LogP contribution < -0.4 is 4.90 Å². The molecule has 0 aliphatic carbocycles. The van der Waals surface area contributed by atoms with Crippen LogP contribution in [-0.4, -0.2) is 37.2 Å². The number of rotatable bonds is 1. The molecular formula is C15H16ClNO5. The van der Waals surface area contributed by atoms with Gasteiger partial charge in [0.1, 0.15) is 0 Å². The first kappa shape index (κ1) is 15.3. The van der Waals surface area contributed by atoms with Crippen molar-refractivity contribution in [1.29, 1.82) is 0 Å². The van der Waals surface area contributed by atoms with Gasteiger partial charge in [-0.3, -0.25) is 4.79 Å². The summed E-state index contributed by atoms with van der Waals surface area (Å²) in [6.45, 7) is 4.66. The lowest BCUT2D eigenvalue weighted by molar-refractivity contribution is -0.286. The highest BCUT2D eigenvalue weighted by Gasteiger charge is 2.56. The zero-order valence-corrected chi connectivity index (χ0v) is 13.2. The number of hydrogen-bond donors (Lipinski definition) is 1. The minimum atomic E-state index is -1.53. The molecule has 1 aromatic rings. The Hall–Kier alpha value is -1.63. The largest absolute Gasteiger partial charge is 0.478 e. The van der Waals surface area contributed by atoms with Crippen LogP contribution in [0.3, 0.4) is 0 Å². The molecule has 1 spiro atoms. The Morgan fingerprint density at radius 1 is 1.32 bits per heavy atom. The van der Waals surface area contributed by atoms with E-state index in [-0.39, 0.29) is 21.9 Å². The molecular weight excluding hydrogens is 310 g/mol. The molecule has 1 fully saturated rings. The van der Waals surface area contributed by atoms with Crippen molar-refractivity contribution in [3.8, 4) is 0 Å². The highest BCUT2D eigenvalue weighted by atomic mass is 35.5. The highest BCUT2D eigenvalue weighted by Crippen LogP contribution is 2.48. The van der Waals surface area contributed by atoms with Crippen LogP contribution in [0, 0.1) is 5.41 Å². The third-order valence-electron chi connectivity index (χ3n) is 3.95. The number of benzene rings is 1. The maximum absolute atomic E-state index is 12.6. The summed E-state index contributed by atoms with van der Waals surface area (Å²) in [6.07, 6.45) is 0. The molecule has 1 amide bonds. The molecule has 0 aromatic heterocycles. The molecule has 0 saturated carbocycles. The second kappa shape index (κ2) is 4.68. The summed E-state index contributed by atoms with van der Waals surface area (Å²) in [6, 6.07) is 2.82. The Balaban J connectivity index is 2.13. The van der Waals surface area contributed by atoms with Crippen molar-refractivity contribution in [2.24, 2.45) is 5.41 Å². The summed E-state index contributed by atoms with van der Waals surface area (Å²) in [7, 11) is 1.56. The van der Waals surface area contributed by atoms with Crippen molar-refractivity contribution in [2.45, 2.75) is 19.6 Å². The first-order valence-electron chi connectivity index (χ1n) is 6.81. The number of amides is 1. The van der Waals surface area contributed by atoms with E-state index in [2.05, 4.69) is 0 Å². The van der Waals surface area contributed by atoms with Gasteiger partial charge < -0.3 is 19.5 Å². The Kier molecular flexibility index (Phi) is 3.25. The smallest absolute Gasteiger partial charge is 0.337 e. The number of carbonyl (C=O) groups excluding carboxylic acids is 1. The minimum absolute atomic E-state index is 0.0470. The lowest BCUT2D eigenvalue weighted by atomic mass is 9.93. The highest BCUT2D eigenvalue weighted by molar-refractivity contribution is 6.34. The molecule has 3 rings (SSSR count). The number of halogens is 1. The second-order valence-electron chi connectivity index (χ2n) is 6.38. The SMILES string of the molecule is CN1C(=O)C2(OCC(C)(C)CO2)c2cc(Cl)c(C(=O)O)cc21. The fourth-order valence-corrected chi connectivity index (χ4v) is 2.91. The van der Waals surface area contributed by atoms with Crippen molar-refractivity contribution >= 4 is 29.2 Å². The second-order valence-corrected chi connectivity index (χ2v) is 6.78. The summed E-state index contributed by atoms with van der Waals surface area (Å²) in [5.74, 6) is -3.06. The van der Waals surface area contributed by atoms with Crippen molar-refractivity contribution in [1.82, 2.24) is 0 Å². The molecule has 6 nitrogen and oxygen atoms in total. The number of aromatic carboxylic acids is 1. The predicted octanol–water partition coefficient (Wildman–Crippen LogP) is 2.24. The summed E-state index contributed by atoms with van der Waals surface area (Å²) < 4.78 is 11.6. The van der Waals surface area contributed by atoms with Gasteiger partial charge in [0.05, 0.1) is 29.5 Å². The van der Waals surface area contributed by atoms with Crippen molar-refractivity contribution < 1.29 is 24.2 Å². The lowest BCUT2D eigenvalue weighted by Crippen LogP contribution is -2.51. The maximum atomic E-state index is 12.6. The van der Waals surface area contributed by atoms with Gasteiger partial charge in [0.25, 0.3) is 11.7 Å². The third kappa shape index (κ3) is 2.02. The Labute approximate surface area is 132 Å². The number of anilines is 1. The molecule has 0 bridgehead atoms. The number of ether oxygens (including phenoxy) is 2. The van der Waals surface area contributed by atoms with E-state index in [1.54, 1.807) is 7.05 Å². The summed E-state index contributed by atoms with van der Waals surface area (Å²) in [4.78, 5) is 25.2. The molecule has 1 aromatic carbocycles. The first-order valence-corrected chi connectivity index (χ1v) is 7.19. The summed E-state index contributed by atoms with van der Waals surface area (Å²) in [5.41, 5.74) is 0.628. The fourth-order valence-electron chi connectivity index (χ4n) is 2.67. The van der Waals surface area contributed by atoms with Crippen LogP contribution >= 0.6 is 11.6 Å². The number of carboxylic acids is 1. The number of likely N-dealkylation sites (N-methyl/N-ethyl adjacent to an activating group) is 1. The number of carboxylic acid groups (broad SMARTS) is 1. The average Bonchev–Trinajstić information content (AvgIpc) is 2.63. The maximum Gasteiger partial charge on any atom is 0.337 e. The van der Waals surface area contributed by atoms with Crippen molar-refractivity contribution in [3.63, 3.8) is 0 Å². The zero-order chi connectivity index (χ0) is 16.3. The van der Waals surface area contributed by atoms with E-state index in [1.165, 1.54) is 17.0 Å². The van der Waals surface area contributed by atoms with E-state index in [0.29, 0.717) is 24.5 Å². The van der Waals surface area contributed by atoms with Gasteiger partial charge in [-0.15, -0.1) is 0 Å². The Bertz CT molecular complexity index is 675. The molecule has 2 heterocycles. The van der Waals surface area contributed by atoms with Crippen LogP contribution in [0.25, 0.3) is 0 Å². The van der Waals surface area contributed by atoms with Crippen LogP contribution in [0.1, 0.15) is 29.8 Å². The summed E-state index contributed by atoms with van der Waals surface area (Å²) >= 11 is 6.04. The number of hydrogen-bond acceptors (Lipinski definition) is 4. The molecule has 2 aliphatic rings. The lowest BCUT2D eigenvalue weighted by Gasteiger charge is -2.40. The van der Waals surface area contributed by atoms with Gasteiger partial charge >= 0.3 is 5.97 Å². The molecule has 0 atom stereocenters. The van der Waals surface area contributed by atoms with E-state index in [1.807, 2.05) is 13.8 Å². The van der Waals surface area contributed by atoms with Gasteiger partial charge in [-0.05, 0) is 12.1 Å². The van der Waals surface area contributed by atoms with Gasteiger partial charge in [0, 0.05) is 18.0 Å². The monoisotopic (exact) mass is 325 g/mol. The van der Waals surface area contributed by atoms with Gasteiger partial charge in [0.2, 0.25) is 0 Å². The Morgan fingerprint density at radius 3 is 2.45 bits per heavy atom. The van der Waals surface area contributed by atoms with E-state index in [9.17, 15) is 9.59 Å². The van der Waals surface area contributed by atoms with Gasteiger partial charge in [-0.1, -0.05) is 25.4 Å². The van der Waals surface area contributed by atoms with Crippen molar-refractivity contribution in [2.75, 3.05) is 25.2 Å². The standard InChI is InChI=1S/C15H16ClNO5/c1-14(2)6-21-15(22-7-14)9-5-10(16)8(12(18)19)4-11(9)17(3)13(15)20/h4-5H,6-7H2,1-3H3,(H,18,19). The molecule has 7 heteroatoms. The van der Waals surface area contributed by atoms with E-state index < -0.39 is 11.8 Å². The minimum Gasteiger partial charge on any atom is -0.478 e. The van der Waals surface area contributed by atoms with Crippen LogP contribution in [0.2, 0.25) is 5.02 Å². The number of carbonyl (C=O) groups is 2. The van der Waals surface area contributed by atoms with Crippen LogP contribution in [0.15, 0.2) is 12.1 Å². The molecule has 1 saturated heterocycles. The quantitative estimate of drug-likeness (QED) is 0.857. The molecule has 2 aliphatic heterocycles.